The van der Waals surface area contributed by atoms with Crippen molar-refractivity contribution in [2.45, 2.75) is 19.3 Å². The molecule has 1 N–H and O–H groups in total. The first kappa shape index (κ1) is 17.4. The molecule has 0 aromatic heterocycles. The number of aliphatic hydroxyl groups excluding tert-OH is 1. The molecule has 0 fully saturated rings. The summed E-state index contributed by atoms with van der Waals surface area (Å²) in [5, 5.41) is 10.6. The molecule has 0 atom stereocenters. The van der Waals surface area contributed by atoms with Gasteiger partial charge in [0.2, 0.25) is 0 Å². The molecule has 0 unspecified atom stereocenters. The van der Waals surface area contributed by atoms with Crippen LogP contribution < -0.4 is 0 Å². The minimum absolute atomic E-state index is 0.134. The standard InChI is InChI=1S/C18H20ClNO3/c1-20(10-3-2-4-11-21)18(23)15-7-5-6-14-16(19)9-8-13(12-22)17(14)15/h5-9,12,21H,2-4,10-11H2,1H3. The summed E-state index contributed by atoms with van der Waals surface area (Å²) < 4.78 is 0. The Hall–Kier alpha value is -1.91. The van der Waals surface area contributed by atoms with Crippen LogP contribution in [0.3, 0.4) is 0 Å². The number of aldehydes is 1. The summed E-state index contributed by atoms with van der Waals surface area (Å²) in [5.74, 6) is -0.134. The molecule has 1 amide bonds. The van der Waals surface area contributed by atoms with Crippen molar-refractivity contribution in [1.29, 1.82) is 0 Å². The summed E-state index contributed by atoms with van der Waals surface area (Å²) in [5.41, 5.74) is 0.943. The number of fused-ring (bicyclic) bond motifs is 1. The van der Waals surface area contributed by atoms with Crippen molar-refractivity contribution >= 4 is 34.6 Å². The lowest BCUT2D eigenvalue weighted by Gasteiger charge is -2.19. The third-order valence-corrected chi connectivity index (χ3v) is 4.20. The van der Waals surface area contributed by atoms with Gasteiger partial charge in [0, 0.05) is 47.1 Å². The SMILES string of the molecule is CN(CCCCCO)C(=O)c1cccc2c(Cl)ccc(C=O)c12. The fraction of sp³-hybridized carbons (Fsp3) is 0.333. The average molecular weight is 334 g/mol. The summed E-state index contributed by atoms with van der Waals surface area (Å²) >= 11 is 6.20. The van der Waals surface area contributed by atoms with Crippen LogP contribution in [-0.4, -0.2) is 42.4 Å². The van der Waals surface area contributed by atoms with Gasteiger partial charge in [-0.2, -0.15) is 0 Å². The van der Waals surface area contributed by atoms with Gasteiger partial charge in [-0.1, -0.05) is 23.7 Å². The molecule has 2 aromatic rings. The van der Waals surface area contributed by atoms with Crippen molar-refractivity contribution in [2.24, 2.45) is 0 Å². The number of rotatable bonds is 7. The summed E-state index contributed by atoms with van der Waals surface area (Å²) in [6.07, 6.45) is 3.18. The summed E-state index contributed by atoms with van der Waals surface area (Å²) in [4.78, 5) is 25.7. The Morgan fingerprint density at radius 3 is 2.70 bits per heavy atom. The van der Waals surface area contributed by atoms with E-state index in [-0.39, 0.29) is 12.5 Å². The Bertz CT molecular complexity index is 715. The lowest BCUT2D eigenvalue weighted by molar-refractivity contribution is 0.0794. The maximum Gasteiger partial charge on any atom is 0.254 e. The first-order valence-electron chi connectivity index (χ1n) is 7.63. The molecule has 0 aliphatic heterocycles. The molecule has 2 rings (SSSR count). The summed E-state index contributed by atoms with van der Waals surface area (Å²) in [7, 11) is 1.74. The largest absolute Gasteiger partial charge is 0.396 e. The quantitative estimate of drug-likeness (QED) is 0.623. The molecule has 5 heteroatoms. The number of carbonyl (C=O) groups excluding carboxylic acids is 2. The van der Waals surface area contributed by atoms with Crippen LogP contribution in [0.2, 0.25) is 5.02 Å². The molecule has 2 aromatic carbocycles. The zero-order chi connectivity index (χ0) is 16.8. The molecule has 122 valence electrons. The van der Waals surface area contributed by atoms with Gasteiger partial charge in [-0.25, -0.2) is 0 Å². The van der Waals surface area contributed by atoms with Crippen LogP contribution in [0, 0.1) is 0 Å². The number of benzene rings is 2. The van der Waals surface area contributed by atoms with Gasteiger partial charge < -0.3 is 10.0 Å². The van der Waals surface area contributed by atoms with E-state index in [4.69, 9.17) is 16.7 Å². The first-order valence-corrected chi connectivity index (χ1v) is 8.00. The van der Waals surface area contributed by atoms with Crippen molar-refractivity contribution in [1.82, 2.24) is 4.90 Å². The number of carbonyl (C=O) groups is 2. The highest BCUT2D eigenvalue weighted by molar-refractivity contribution is 6.36. The van der Waals surface area contributed by atoms with E-state index in [0.717, 1.165) is 25.5 Å². The zero-order valence-corrected chi connectivity index (χ0v) is 13.8. The Kier molecular flexibility index (Phi) is 6.13. The van der Waals surface area contributed by atoms with Crippen molar-refractivity contribution in [2.75, 3.05) is 20.2 Å². The number of halogens is 1. The molecule has 0 bridgehead atoms. The van der Waals surface area contributed by atoms with Crippen LogP contribution in [0.15, 0.2) is 30.3 Å². The van der Waals surface area contributed by atoms with Gasteiger partial charge in [-0.15, -0.1) is 0 Å². The number of nitrogens with zero attached hydrogens (tertiary/aromatic N) is 1. The molecule has 0 radical (unpaired) electrons. The predicted octanol–water partition coefficient (Wildman–Crippen LogP) is 3.54. The highest BCUT2D eigenvalue weighted by atomic mass is 35.5. The maximum atomic E-state index is 12.7. The van der Waals surface area contributed by atoms with Crippen molar-refractivity contribution in [3.05, 3.63) is 46.5 Å². The van der Waals surface area contributed by atoms with E-state index in [9.17, 15) is 9.59 Å². The van der Waals surface area contributed by atoms with Crippen molar-refractivity contribution in [3.8, 4) is 0 Å². The molecule has 0 saturated heterocycles. The fourth-order valence-electron chi connectivity index (χ4n) is 2.62. The summed E-state index contributed by atoms with van der Waals surface area (Å²) in [6, 6.07) is 8.60. The van der Waals surface area contributed by atoms with Crippen LogP contribution in [0.1, 0.15) is 40.0 Å². The highest BCUT2D eigenvalue weighted by Crippen LogP contribution is 2.29. The van der Waals surface area contributed by atoms with E-state index in [2.05, 4.69) is 0 Å². The van der Waals surface area contributed by atoms with E-state index in [1.807, 2.05) is 6.07 Å². The Morgan fingerprint density at radius 1 is 1.22 bits per heavy atom. The van der Waals surface area contributed by atoms with E-state index >= 15 is 0 Å². The van der Waals surface area contributed by atoms with E-state index < -0.39 is 0 Å². The smallest absolute Gasteiger partial charge is 0.254 e. The number of hydrogen-bond acceptors (Lipinski definition) is 3. The van der Waals surface area contributed by atoms with Crippen LogP contribution >= 0.6 is 11.6 Å². The van der Waals surface area contributed by atoms with Gasteiger partial charge in [-0.05, 0) is 37.5 Å². The molecule has 23 heavy (non-hydrogen) atoms. The number of amides is 1. The van der Waals surface area contributed by atoms with Gasteiger partial charge in [0.05, 0.1) is 0 Å². The molecule has 0 aliphatic carbocycles. The molecule has 0 heterocycles. The molecule has 4 nitrogen and oxygen atoms in total. The maximum absolute atomic E-state index is 12.7. The topological polar surface area (TPSA) is 57.6 Å². The van der Waals surface area contributed by atoms with Crippen LogP contribution in [0.4, 0.5) is 0 Å². The van der Waals surface area contributed by atoms with Gasteiger partial charge in [0.1, 0.15) is 0 Å². The van der Waals surface area contributed by atoms with Gasteiger partial charge in [0.15, 0.2) is 6.29 Å². The van der Waals surface area contributed by atoms with Gasteiger partial charge in [-0.3, -0.25) is 9.59 Å². The number of hydrogen-bond donors (Lipinski definition) is 1. The highest BCUT2D eigenvalue weighted by Gasteiger charge is 2.17. The normalized spacial score (nSPS) is 10.7. The van der Waals surface area contributed by atoms with E-state index in [1.165, 1.54) is 0 Å². The van der Waals surface area contributed by atoms with Gasteiger partial charge in [0.25, 0.3) is 5.91 Å². The van der Waals surface area contributed by atoms with Crippen LogP contribution in [-0.2, 0) is 0 Å². The Labute approximate surface area is 140 Å². The van der Waals surface area contributed by atoms with Crippen molar-refractivity contribution in [3.63, 3.8) is 0 Å². The molecule has 0 spiro atoms. The average Bonchev–Trinajstić information content (AvgIpc) is 2.58. The molecular weight excluding hydrogens is 314 g/mol. The number of aliphatic hydroxyl groups is 1. The minimum Gasteiger partial charge on any atom is -0.396 e. The molecule has 0 saturated carbocycles. The molecular formula is C18H20ClNO3. The van der Waals surface area contributed by atoms with Crippen LogP contribution in [0.25, 0.3) is 10.8 Å². The Balaban J connectivity index is 2.33. The third-order valence-electron chi connectivity index (χ3n) is 3.88. The second-order valence-electron chi connectivity index (χ2n) is 5.49. The summed E-state index contributed by atoms with van der Waals surface area (Å²) in [6.45, 7) is 0.772. The first-order chi connectivity index (χ1) is 11.1. The molecule has 0 aliphatic rings. The second kappa shape index (κ2) is 8.09. The monoisotopic (exact) mass is 333 g/mol. The Morgan fingerprint density at radius 2 is 2.00 bits per heavy atom. The minimum atomic E-state index is -0.134. The van der Waals surface area contributed by atoms with E-state index in [1.54, 1.807) is 36.2 Å². The number of unbranched alkanes of at least 4 members (excludes halogenated alkanes) is 2. The van der Waals surface area contributed by atoms with Crippen molar-refractivity contribution < 1.29 is 14.7 Å². The fourth-order valence-corrected chi connectivity index (χ4v) is 2.84. The lowest BCUT2D eigenvalue weighted by atomic mass is 9.99. The predicted molar refractivity (Wildman–Crippen MR) is 92.2 cm³/mol. The lowest BCUT2D eigenvalue weighted by Crippen LogP contribution is -2.28. The van der Waals surface area contributed by atoms with Gasteiger partial charge >= 0.3 is 0 Å². The van der Waals surface area contributed by atoms with Crippen LogP contribution in [0.5, 0.6) is 0 Å². The second-order valence-corrected chi connectivity index (χ2v) is 5.90. The third kappa shape index (κ3) is 3.89. The van der Waals surface area contributed by atoms with E-state index in [0.29, 0.717) is 33.5 Å². The zero-order valence-electron chi connectivity index (χ0n) is 13.1.